The van der Waals surface area contributed by atoms with Crippen LogP contribution in [0.5, 0.6) is 0 Å². The second-order valence-corrected chi connectivity index (χ2v) is 15.6. The largest absolute Gasteiger partial charge is 0.208 e. The van der Waals surface area contributed by atoms with Crippen LogP contribution in [0.25, 0.3) is 78.7 Å². The molecule has 10 aromatic rings. The lowest BCUT2D eigenvalue weighted by Gasteiger charge is -2.34. The van der Waals surface area contributed by atoms with Gasteiger partial charge in [0.2, 0.25) is 0 Å². The number of rotatable bonds is 8. The summed E-state index contributed by atoms with van der Waals surface area (Å²) in [5.74, 6) is 1.90. The van der Waals surface area contributed by atoms with E-state index in [0.29, 0.717) is 17.5 Å². The van der Waals surface area contributed by atoms with Crippen molar-refractivity contribution in [2.75, 3.05) is 0 Å². The average Bonchev–Trinajstić information content (AvgIpc) is 3.66. The molecular formula is C58H39N3. The lowest BCUT2D eigenvalue weighted by molar-refractivity contribution is 0.769. The molecule has 0 fully saturated rings. The number of nitrogens with zero attached hydrogens (tertiary/aromatic N) is 3. The van der Waals surface area contributed by atoms with Gasteiger partial charge in [0.15, 0.2) is 17.5 Å². The topological polar surface area (TPSA) is 38.7 Å². The molecule has 286 valence electrons. The van der Waals surface area contributed by atoms with Crippen LogP contribution < -0.4 is 0 Å². The Morgan fingerprint density at radius 2 is 0.574 bits per heavy atom. The maximum Gasteiger partial charge on any atom is 0.164 e. The van der Waals surface area contributed by atoms with Crippen molar-refractivity contribution in [1.29, 1.82) is 0 Å². The molecule has 0 N–H and O–H groups in total. The summed E-state index contributed by atoms with van der Waals surface area (Å²) in [6, 6.07) is 84.3. The molecule has 0 radical (unpaired) electrons. The Hall–Kier alpha value is -8.01. The Morgan fingerprint density at radius 3 is 1.15 bits per heavy atom. The van der Waals surface area contributed by atoms with E-state index in [-0.39, 0.29) is 0 Å². The average molecular weight is 778 g/mol. The highest BCUT2D eigenvalue weighted by atomic mass is 15.0. The van der Waals surface area contributed by atoms with Crippen molar-refractivity contribution in [1.82, 2.24) is 15.0 Å². The van der Waals surface area contributed by atoms with Gasteiger partial charge in [-0.25, -0.2) is 15.0 Å². The van der Waals surface area contributed by atoms with Crippen LogP contribution >= 0.6 is 0 Å². The van der Waals surface area contributed by atoms with E-state index in [1.54, 1.807) is 0 Å². The fraction of sp³-hybridized carbons (Fsp3) is 0.0172. The minimum absolute atomic E-state index is 0.456. The van der Waals surface area contributed by atoms with Gasteiger partial charge in [-0.05, 0) is 85.0 Å². The fourth-order valence-electron chi connectivity index (χ4n) is 9.15. The summed E-state index contributed by atoms with van der Waals surface area (Å²) >= 11 is 0. The van der Waals surface area contributed by atoms with Gasteiger partial charge in [0.05, 0.1) is 5.41 Å². The third-order valence-corrected chi connectivity index (χ3v) is 12.0. The quantitative estimate of drug-likeness (QED) is 0.154. The summed E-state index contributed by atoms with van der Waals surface area (Å²) in [7, 11) is 0. The zero-order valence-electron chi connectivity index (χ0n) is 33.4. The second-order valence-electron chi connectivity index (χ2n) is 15.6. The van der Waals surface area contributed by atoms with Crippen molar-refractivity contribution in [3.63, 3.8) is 0 Å². The van der Waals surface area contributed by atoms with E-state index >= 15 is 0 Å². The summed E-state index contributed by atoms with van der Waals surface area (Å²) in [5, 5.41) is 0. The molecule has 0 spiro atoms. The molecule has 9 aromatic carbocycles. The molecule has 1 aromatic heterocycles. The second kappa shape index (κ2) is 15.3. The monoisotopic (exact) mass is 777 g/mol. The number of hydrogen-bond donors (Lipinski definition) is 0. The molecule has 3 nitrogen and oxygen atoms in total. The highest BCUT2D eigenvalue weighted by Gasteiger charge is 2.45. The lowest BCUT2D eigenvalue weighted by Crippen LogP contribution is -2.28. The predicted octanol–water partition coefficient (Wildman–Crippen LogP) is 14.2. The molecule has 0 saturated heterocycles. The van der Waals surface area contributed by atoms with Crippen LogP contribution in [-0.4, -0.2) is 15.0 Å². The molecule has 1 aliphatic carbocycles. The zero-order chi connectivity index (χ0) is 40.6. The predicted molar refractivity (Wildman–Crippen MR) is 250 cm³/mol. The van der Waals surface area contributed by atoms with Gasteiger partial charge >= 0.3 is 0 Å². The van der Waals surface area contributed by atoms with Gasteiger partial charge in [-0.3, -0.25) is 0 Å². The molecular weight excluding hydrogens is 739 g/mol. The molecule has 0 saturated carbocycles. The molecule has 61 heavy (non-hydrogen) atoms. The standard InChI is InChI=1S/C58H39N3/c1-4-17-40(18-5-1)41-33-35-43(36-34-41)56-59-55(42-19-6-2-7-20-42)60-57(61-56)48-25-15-23-46(38-48)44-21-14-22-45(37-44)47-24-16-28-50(39-47)58(49-26-8-3-9-27-49)53-31-12-10-29-51(53)52-30-11-13-32-54(52)58/h1-39H. The molecule has 0 bridgehead atoms. The van der Waals surface area contributed by atoms with Crippen molar-refractivity contribution in [2.45, 2.75) is 5.41 Å². The van der Waals surface area contributed by atoms with E-state index < -0.39 is 5.41 Å². The van der Waals surface area contributed by atoms with Crippen LogP contribution in [0, 0.1) is 0 Å². The van der Waals surface area contributed by atoms with Crippen LogP contribution in [0.3, 0.4) is 0 Å². The Balaban J connectivity index is 0.982. The summed E-state index contributed by atoms with van der Waals surface area (Å²) in [6.07, 6.45) is 0. The number of fused-ring (bicyclic) bond motifs is 3. The minimum atomic E-state index is -0.456. The first kappa shape index (κ1) is 36.1. The fourth-order valence-corrected chi connectivity index (χ4v) is 9.15. The molecule has 1 heterocycles. The number of aromatic nitrogens is 3. The van der Waals surface area contributed by atoms with Crippen molar-refractivity contribution in [3.8, 4) is 78.7 Å². The van der Waals surface area contributed by atoms with Crippen LogP contribution in [0.4, 0.5) is 0 Å². The summed E-state index contributed by atoms with van der Waals surface area (Å²) < 4.78 is 0. The zero-order valence-corrected chi connectivity index (χ0v) is 33.4. The van der Waals surface area contributed by atoms with E-state index in [9.17, 15) is 0 Å². The van der Waals surface area contributed by atoms with Gasteiger partial charge < -0.3 is 0 Å². The van der Waals surface area contributed by atoms with Gasteiger partial charge in [-0.15, -0.1) is 0 Å². The van der Waals surface area contributed by atoms with E-state index in [1.807, 2.05) is 36.4 Å². The Labute approximate surface area is 356 Å². The van der Waals surface area contributed by atoms with Crippen LogP contribution in [0.1, 0.15) is 22.3 Å². The Morgan fingerprint density at radius 1 is 0.230 bits per heavy atom. The van der Waals surface area contributed by atoms with Gasteiger partial charge in [-0.1, -0.05) is 218 Å². The molecule has 0 aliphatic heterocycles. The molecule has 0 amide bonds. The Bertz CT molecular complexity index is 3130. The van der Waals surface area contributed by atoms with Crippen molar-refractivity contribution < 1.29 is 0 Å². The summed E-state index contributed by atoms with van der Waals surface area (Å²) in [4.78, 5) is 15.1. The molecule has 0 atom stereocenters. The molecule has 3 heteroatoms. The first-order chi connectivity index (χ1) is 30.2. The normalized spacial score (nSPS) is 12.4. The maximum absolute atomic E-state index is 5.09. The number of benzene rings is 9. The smallest absolute Gasteiger partial charge is 0.164 e. The molecule has 0 unspecified atom stereocenters. The van der Waals surface area contributed by atoms with Gasteiger partial charge in [0, 0.05) is 16.7 Å². The first-order valence-corrected chi connectivity index (χ1v) is 20.8. The third-order valence-electron chi connectivity index (χ3n) is 12.0. The van der Waals surface area contributed by atoms with Crippen molar-refractivity contribution in [2.24, 2.45) is 0 Å². The van der Waals surface area contributed by atoms with Crippen LogP contribution in [0.2, 0.25) is 0 Å². The van der Waals surface area contributed by atoms with Crippen LogP contribution in [-0.2, 0) is 5.41 Å². The van der Waals surface area contributed by atoms with Gasteiger partial charge in [0.25, 0.3) is 0 Å². The minimum Gasteiger partial charge on any atom is -0.208 e. The van der Waals surface area contributed by atoms with Crippen LogP contribution in [0.15, 0.2) is 237 Å². The van der Waals surface area contributed by atoms with Crippen molar-refractivity contribution >= 4 is 0 Å². The van der Waals surface area contributed by atoms with E-state index in [4.69, 9.17) is 15.0 Å². The van der Waals surface area contributed by atoms with E-state index in [2.05, 4.69) is 200 Å². The highest BCUT2D eigenvalue weighted by molar-refractivity contribution is 5.87. The SMILES string of the molecule is c1ccc(-c2ccc(-c3nc(-c4ccccc4)nc(-c4cccc(-c5cccc(-c6cccc(C7(c8ccccc8)c8ccccc8-c8ccccc87)c6)c5)c4)n3)cc2)cc1. The number of hydrogen-bond acceptors (Lipinski definition) is 3. The summed E-state index contributed by atoms with van der Waals surface area (Å²) in [6.45, 7) is 0. The third kappa shape index (κ3) is 6.44. The van der Waals surface area contributed by atoms with Gasteiger partial charge in [0.1, 0.15) is 0 Å². The molecule has 11 rings (SSSR count). The first-order valence-electron chi connectivity index (χ1n) is 20.8. The van der Waals surface area contributed by atoms with E-state index in [0.717, 1.165) is 38.9 Å². The maximum atomic E-state index is 5.09. The lowest BCUT2D eigenvalue weighted by atomic mass is 9.67. The Kier molecular flexibility index (Phi) is 9.05. The molecule has 1 aliphatic rings. The summed E-state index contributed by atoms with van der Waals surface area (Å²) in [5.41, 5.74) is 16.9. The highest BCUT2D eigenvalue weighted by Crippen LogP contribution is 2.56. The van der Waals surface area contributed by atoms with E-state index in [1.165, 1.54) is 44.5 Å². The van der Waals surface area contributed by atoms with Gasteiger partial charge in [-0.2, -0.15) is 0 Å². The van der Waals surface area contributed by atoms with Crippen molar-refractivity contribution in [3.05, 3.63) is 259 Å².